The molecule has 0 unspecified atom stereocenters. The smallest absolute Gasteiger partial charge is 0.260 e. The molecule has 1 spiro atoms. The molecule has 2 heterocycles. The summed E-state index contributed by atoms with van der Waals surface area (Å²) in [5.41, 5.74) is 1.60. The van der Waals surface area contributed by atoms with Gasteiger partial charge in [-0.25, -0.2) is 0 Å². The largest absolute Gasteiger partial charge is 0.492 e. The van der Waals surface area contributed by atoms with Gasteiger partial charge in [-0.3, -0.25) is 9.69 Å². The summed E-state index contributed by atoms with van der Waals surface area (Å²) in [5, 5.41) is 0. The molecule has 0 bridgehead atoms. The Morgan fingerprint density at radius 1 is 0.971 bits per heavy atom. The number of amides is 1. The van der Waals surface area contributed by atoms with E-state index in [1.165, 1.54) is 24.8 Å². The van der Waals surface area contributed by atoms with Crippen LogP contribution in [0, 0.1) is 11.3 Å². The molecule has 2 aliphatic heterocycles. The summed E-state index contributed by atoms with van der Waals surface area (Å²) in [6.07, 6.45) is 6.83. The van der Waals surface area contributed by atoms with Gasteiger partial charge in [0.15, 0.2) is 6.61 Å². The number of hydrogen-bond donors (Lipinski definition) is 0. The van der Waals surface area contributed by atoms with Gasteiger partial charge in [0, 0.05) is 32.7 Å². The Morgan fingerprint density at radius 3 is 2.49 bits per heavy atom. The summed E-state index contributed by atoms with van der Waals surface area (Å²) in [6, 6.07) is 18.1. The second-order valence-electron chi connectivity index (χ2n) is 10.8. The van der Waals surface area contributed by atoms with Crippen LogP contribution < -0.4 is 9.47 Å². The number of carbonyl (C=O) groups excluding carboxylic acids is 1. The van der Waals surface area contributed by atoms with E-state index >= 15 is 0 Å². The maximum atomic E-state index is 12.9. The average Bonchev–Trinajstić information content (AvgIpc) is 2.86. The molecule has 0 saturated carbocycles. The van der Waals surface area contributed by atoms with Crippen LogP contribution in [0.3, 0.4) is 0 Å². The van der Waals surface area contributed by atoms with Crippen molar-refractivity contribution in [1.82, 2.24) is 9.80 Å². The van der Waals surface area contributed by atoms with Crippen molar-refractivity contribution in [1.29, 1.82) is 0 Å². The van der Waals surface area contributed by atoms with E-state index < -0.39 is 0 Å². The molecule has 0 radical (unpaired) electrons. The second-order valence-corrected chi connectivity index (χ2v) is 10.8. The molecule has 0 aromatic heterocycles. The van der Waals surface area contributed by atoms with E-state index in [4.69, 9.17) is 9.47 Å². The molecular weight excluding hydrogens is 436 g/mol. The predicted octanol–water partition coefficient (Wildman–Crippen LogP) is 5.44. The summed E-state index contributed by atoms with van der Waals surface area (Å²) in [6.45, 7) is 10.2. The van der Waals surface area contributed by atoms with E-state index in [9.17, 15) is 4.79 Å². The molecule has 5 heteroatoms. The van der Waals surface area contributed by atoms with Crippen molar-refractivity contribution in [3.63, 3.8) is 0 Å². The van der Waals surface area contributed by atoms with Gasteiger partial charge in [0.2, 0.25) is 0 Å². The fraction of sp³-hybridized carbons (Fsp3) is 0.567. The maximum Gasteiger partial charge on any atom is 0.260 e. The van der Waals surface area contributed by atoms with Crippen molar-refractivity contribution in [3.8, 4) is 11.5 Å². The van der Waals surface area contributed by atoms with Gasteiger partial charge in [-0.1, -0.05) is 56.7 Å². The molecule has 1 saturated heterocycles. The van der Waals surface area contributed by atoms with Gasteiger partial charge in [-0.05, 0) is 67.2 Å². The Kier molecular flexibility index (Phi) is 9.08. The first-order valence-electron chi connectivity index (χ1n) is 13.4. The number of nitrogens with zero attached hydrogens (tertiary/aromatic N) is 2. The zero-order valence-electron chi connectivity index (χ0n) is 21.6. The summed E-state index contributed by atoms with van der Waals surface area (Å²) in [7, 11) is 0. The molecule has 0 atom stereocenters. The third-order valence-electron chi connectivity index (χ3n) is 7.51. The number of likely N-dealkylation sites (tertiary alicyclic amines) is 1. The lowest BCUT2D eigenvalue weighted by atomic mass is 9.73. The zero-order valence-corrected chi connectivity index (χ0v) is 21.6. The first-order chi connectivity index (χ1) is 17.0. The van der Waals surface area contributed by atoms with Crippen molar-refractivity contribution < 1.29 is 14.3 Å². The Hall–Kier alpha value is -2.53. The van der Waals surface area contributed by atoms with Crippen LogP contribution in [-0.2, 0) is 11.2 Å². The Balaban J connectivity index is 1.39. The van der Waals surface area contributed by atoms with Crippen LogP contribution in [0.15, 0.2) is 54.6 Å². The number of carbonyl (C=O) groups is 1. The highest BCUT2D eigenvalue weighted by Crippen LogP contribution is 2.38. The van der Waals surface area contributed by atoms with E-state index in [1.807, 2.05) is 35.2 Å². The Labute approximate surface area is 211 Å². The molecule has 2 aromatic carbocycles. The van der Waals surface area contributed by atoms with Gasteiger partial charge in [0.05, 0.1) is 0 Å². The first-order valence-corrected chi connectivity index (χ1v) is 13.4. The van der Waals surface area contributed by atoms with Crippen molar-refractivity contribution in [2.24, 2.45) is 11.3 Å². The lowest BCUT2D eigenvalue weighted by Gasteiger charge is -2.45. The van der Waals surface area contributed by atoms with Crippen LogP contribution in [0.25, 0.3) is 0 Å². The van der Waals surface area contributed by atoms with Crippen LogP contribution in [0.4, 0.5) is 0 Å². The molecular formula is C30H42N2O3. The molecule has 0 aliphatic carbocycles. The summed E-state index contributed by atoms with van der Waals surface area (Å²) >= 11 is 0. The van der Waals surface area contributed by atoms with Crippen molar-refractivity contribution in [3.05, 3.63) is 60.2 Å². The minimum atomic E-state index is 0.0981. The number of ether oxygens (including phenoxy) is 2. The Morgan fingerprint density at radius 2 is 1.71 bits per heavy atom. The highest BCUT2D eigenvalue weighted by atomic mass is 16.5. The van der Waals surface area contributed by atoms with Crippen molar-refractivity contribution in [2.45, 2.75) is 52.4 Å². The van der Waals surface area contributed by atoms with E-state index in [2.05, 4.69) is 43.0 Å². The number of piperidine rings is 1. The van der Waals surface area contributed by atoms with E-state index in [1.54, 1.807) is 0 Å². The molecule has 5 nitrogen and oxygen atoms in total. The third-order valence-corrected chi connectivity index (χ3v) is 7.51. The third kappa shape index (κ3) is 7.47. The van der Waals surface area contributed by atoms with Crippen LogP contribution in [0.1, 0.15) is 51.5 Å². The summed E-state index contributed by atoms with van der Waals surface area (Å²) < 4.78 is 12.0. The average molecular weight is 479 g/mol. The Bertz CT molecular complexity index is 922. The van der Waals surface area contributed by atoms with Gasteiger partial charge in [0.25, 0.3) is 5.91 Å². The molecule has 2 aliphatic rings. The van der Waals surface area contributed by atoms with Crippen molar-refractivity contribution in [2.75, 3.05) is 45.9 Å². The monoisotopic (exact) mass is 478 g/mol. The van der Waals surface area contributed by atoms with Crippen LogP contribution in [0.2, 0.25) is 0 Å². The number of fused-ring (bicyclic) bond motifs is 1. The fourth-order valence-electron chi connectivity index (χ4n) is 5.65. The van der Waals surface area contributed by atoms with Crippen LogP contribution >= 0.6 is 0 Å². The molecule has 2 aromatic rings. The number of benzene rings is 2. The maximum absolute atomic E-state index is 12.9. The molecule has 35 heavy (non-hydrogen) atoms. The van der Waals surface area contributed by atoms with Crippen LogP contribution in [0.5, 0.6) is 11.5 Å². The molecule has 4 rings (SSSR count). The van der Waals surface area contributed by atoms with Gasteiger partial charge >= 0.3 is 0 Å². The normalized spacial score (nSPS) is 19.3. The topological polar surface area (TPSA) is 42.0 Å². The van der Waals surface area contributed by atoms with Gasteiger partial charge in [0.1, 0.15) is 18.1 Å². The van der Waals surface area contributed by atoms with Crippen molar-refractivity contribution >= 4 is 5.91 Å². The van der Waals surface area contributed by atoms with Gasteiger partial charge < -0.3 is 14.4 Å². The first kappa shape index (κ1) is 25.6. The summed E-state index contributed by atoms with van der Waals surface area (Å²) in [5.74, 6) is 2.52. The molecule has 190 valence electrons. The highest BCUT2D eigenvalue weighted by molar-refractivity contribution is 5.77. The van der Waals surface area contributed by atoms with E-state index in [-0.39, 0.29) is 17.9 Å². The predicted molar refractivity (Wildman–Crippen MR) is 141 cm³/mol. The number of para-hydroxylation sites is 2. The number of rotatable bonds is 5. The zero-order chi connectivity index (χ0) is 24.5. The minimum Gasteiger partial charge on any atom is -0.492 e. The number of hydrogen-bond acceptors (Lipinski definition) is 4. The van der Waals surface area contributed by atoms with Gasteiger partial charge in [-0.15, -0.1) is 0 Å². The number of aryl methyl sites for hydroxylation is 1. The quantitative estimate of drug-likeness (QED) is 0.574. The van der Waals surface area contributed by atoms with Crippen LogP contribution in [-0.4, -0.2) is 61.6 Å². The van der Waals surface area contributed by atoms with Gasteiger partial charge in [-0.2, -0.15) is 0 Å². The standard InChI is InChI=1S/C30H42N2O3/c1-25(2)22-31-20-21-34-28-14-7-6-10-26(28)11-8-9-15-30(24-31)16-18-32(19-17-30)29(33)23-35-27-12-4-3-5-13-27/h3-7,10,12-14,25H,8-9,11,15-24H2,1-2H3. The van der Waals surface area contributed by atoms with E-state index in [0.29, 0.717) is 5.92 Å². The molecule has 1 fully saturated rings. The fourth-order valence-corrected chi connectivity index (χ4v) is 5.65. The lowest BCUT2D eigenvalue weighted by molar-refractivity contribution is -0.136. The second kappa shape index (κ2) is 12.4. The molecule has 0 N–H and O–H groups in total. The lowest BCUT2D eigenvalue weighted by Crippen LogP contribution is -2.50. The highest BCUT2D eigenvalue weighted by Gasteiger charge is 2.37. The minimum absolute atomic E-state index is 0.0981. The van der Waals surface area contributed by atoms with E-state index in [0.717, 1.165) is 70.1 Å². The SMILES string of the molecule is CC(C)CN1CCOc2ccccc2CCCCC2(CCN(C(=O)COc3ccccc3)CC2)C1. The summed E-state index contributed by atoms with van der Waals surface area (Å²) in [4.78, 5) is 17.5. The molecule has 1 amide bonds.